The number of fused-ring (bicyclic) bond motifs is 1. The molecule has 0 radical (unpaired) electrons. The molecule has 1 unspecified atom stereocenters. The number of anilines is 1. The minimum atomic E-state index is -3.21. The molecule has 1 aliphatic rings. The van der Waals surface area contributed by atoms with Crippen LogP contribution in [0, 0.1) is 0 Å². The van der Waals surface area contributed by atoms with Crippen LogP contribution in [0.25, 0.3) is 0 Å². The van der Waals surface area contributed by atoms with Gasteiger partial charge in [-0.1, -0.05) is 30.3 Å². The SMILES string of the molecule is CC1Cc2ccccc2N1C(=O)Cc1ccc(S(C)(=O)=O)cc1. The van der Waals surface area contributed by atoms with Crippen molar-refractivity contribution < 1.29 is 13.2 Å². The molecule has 0 bridgehead atoms. The third-order valence-electron chi connectivity index (χ3n) is 4.18. The highest BCUT2D eigenvalue weighted by atomic mass is 32.2. The fourth-order valence-electron chi connectivity index (χ4n) is 3.06. The maximum absolute atomic E-state index is 12.7. The van der Waals surface area contributed by atoms with Gasteiger partial charge in [-0.2, -0.15) is 0 Å². The molecule has 0 aliphatic carbocycles. The number of amides is 1. The number of carbonyl (C=O) groups is 1. The second-order valence-corrected chi connectivity index (χ2v) is 8.05. The Morgan fingerprint density at radius 3 is 2.43 bits per heavy atom. The first-order valence-corrected chi connectivity index (χ1v) is 9.44. The average molecular weight is 329 g/mol. The van der Waals surface area contributed by atoms with Gasteiger partial charge < -0.3 is 4.90 Å². The molecule has 1 heterocycles. The number of hydrogen-bond donors (Lipinski definition) is 0. The highest BCUT2D eigenvalue weighted by Gasteiger charge is 2.30. The Hall–Kier alpha value is -2.14. The topological polar surface area (TPSA) is 54.5 Å². The number of rotatable bonds is 3. The van der Waals surface area contributed by atoms with Gasteiger partial charge in [0.25, 0.3) is 0 Å². The standard InChI is InChI=1S/C18H19NO3S/c1-13-11-15-5-3-4-6-17(15)19(13)18(20)12-14-7-9-16(10-8-14)23(2,21)22/h3-10,13H,11-12H2,1-2H3. The van der Waals surface area contributed by atoms with Crippen LogP contribution in [-0.2, 0) is 27.5 Å². The van der Waals surface area contributed by atoms with Crippen LogP contribution in [0.5, 0.6) is 0 Å². The highest BCUT2D eigenvalue weighted by molar-refractivity contribution is 7.90. The fraction of sp³-hybridized carbons (Fsp3) is 0.278. The van der Waals surface area contributed by atoms with Crippen molar-refractivity contribution in [2.75, 3.05) is 11.2 Å². The number of benzene rings is 2. The first kappa shape index (κ1) is 15.7. The highest BCUT2D eigenvalue weighted by Crippen LogP contribution is 2.32. The summed E-state index contributed by atoms with van der Waals surface area (Å²) in [6, 6.07) is 14.6. The van der Waals surface area contributed by atoms with Crippen molar-refractivity contribution in [1.82, 2.24) is 0 Å². The van der Waals surface area contributed by atoms with Crippen molar-refractivity contribution in [1.29, 1.82) is 0 Å². The van der Waals surface area contributed by atoms with Crippen LogP contribution in [0.3, 0.4) is 0 Å². The van der Waals surface area contributed by atoms with Crippen LogP contribution in [-0.4, -0.2) is 26.6 Å². The molecule has 0 fully saturated rings. The molecule has 3 rings (SSSR count). The van der Waals surface area contributed by atoms with Gasteiger partial charge in [0, 0.05) is 18.0 Å². The maximum Gasteiger partial charge on any atom is 0.231 e. The van der Waals surface area contributed by atoms with Gasteiger partial charge >= 0.3 is 0 Å². The molecule has 1 aliphatic heterocycles. The van der Waals surface area contributed by atoms with Crippen LogP contribution in [0.4, 0.5) is 5.69 Å². The molecule has 4 nitrogen and oxygen atoms in total. The van der Waals surface area contributed by atoms with Gasteiger partial charge in [0.1, 0.15) is 0 Å². The van der Waals surface area contributed by atoms with E-state index in [2.05, 4.69) is 6.07 Å². The van der Waals surface area contributed by atoms with Gasteiger partial charge in [-0.15, -0.1) is 0 Å². The number of nitrogens with zero attached hydrogens (tertiary/aromatic N) is 1. The summed E-state index contributed by atoms with van der Waals surface area (Å²) in [4.78, 5) is 14.8. The summed E-state index contributed by atoms with van der Waals surface area (Å²) >= 11 is 0. The Bertz CT molecular complexity index is 841. The second kappa shape index (κ2) is 5.81. The quantitative estimate of drug-likeness (QED) is 0.870. The zero-order valence-electron chi connectivity index (χ0n) is 13.2. The lowest BCUT2D eigenvalue weighted by Crippen LogP contribution is -2.36. The summed E-state index contributed by atoms with van der Waals surface area (Å²) < 4.78 is 23.0. The van der Waals surface area contributed by atoms with Gasteiger partial charge in [-0.25, -0.2) is 8.42 Å². The van der Waals surface area contributed by atoms with Crippen molar-refractivity contribution in [3.63, 3.8) is 0 Å². The number of para-hydroxylation sites is 1. The van der Waals surface area contributed by atoms with E-state index in [9.17, 15) is 13.2 Å². The molecule has 23 heavy (non-hydrogen) atoms. The van der Waals surface area contributed by atoms with Crippen LogP contribution in [0.1, 0.15) is 18.1 Å². The molecule has 1 atom stereocenters. The van der Waals surface area contributed by atoms with E-state index in [0.717, 1.165) is 17.7 Å². The molecular weight excluding hydrogens is 310 g/mol. The molecule has 0 saturated heterocycles. The van der Waals surface area contributed by atoms with Crippen molar-refractivity contribution in [3.05, 3.63) is 59.7 Å². The molecule has 0 saturated carbocycles. The number of carbonyl (C=O) groups excluding carboxylic acids is 1. The lowest BCUT2D eigenvalue weighted by Gasteiger charge is -2.22. The fourth-order valence-corrected chi connectivity index (χ4v) is 3.69. The summed E-state index contributed by atoms with van der Waals surface area (Å²) in [6.45, 7) is 2.05. The minimum absolute atomic E-state index is 0.0366. The van der Waals surface area contributed by atoms with Crippen molar-refractivity contribution in [3.8, 4) is 0 Å². The molecule has 0 aromatic heterocycles. The maximum atomic E-state index is 12.7. The number of hydrogen-bond acceptors (Lipinski definition) is 3. The molecule has 120 valence electrons. The van der Waals surface area contributed by atoms with E-state index >= 15 is 0 Å². The third kappa shape index (κ3) is 3.15. The van der Waals surface area contributed by atoms with Crippen LogP contribution in [0.15, 0.2) is 53.4 Å². The minimum Gasteiger partial charge on any atom is -0.309 e. The summed E-state index contributed by atoms with van der Waals surface area (Å²) in [5.41, 5.74) is 3.00. The first-order valence-electron chi connectivity index (χ1n) is 7.55. The van der Waals surface area contributed by atoms with Crippen LogP contribution >= 0.6 is 0 Å². The molecule has 2 aromatic rings. The molecule has 5 heteroatoms. The van der Waals surface area contributed by atoms with E-state index < -0.39 is 9.84 Å². The third-order valence-corrected chi connectivity index (χ3v) is 5.31. The molecule has 1 amide bonds. The van der Waals surface area contributed by atoms with Gasteiger partial charge in [-0.05, 0) is 42.7 Å². The largest absolute Gasteiger partial charge is 0.309 e. The Morgan fingerprint density at radius 1 is 1.13 bits per heavy atom. The number of sulfone groups is 1. The normalized spacial score (nSPS) is 17.1. The van der Waals surface area contributed by atoms with E-state index in [4.69, 9.17) is 0 Å². The summed E-state index contributed by atoms with van der Waals surface area (Å²) in [5, 5.41) is 0. The van der Waals surface area contributed by atoms with E-state index in [0.29, 0.717) is 0 Å². The van der Waals surface area contributed by atoms with Gasteiger partial charge in [0.05, 0.1) is 11.3 Å². The Morgan fingerprint density at radius 2 is 1.78 bits per heavy atom. The van der Waals surface area contributed by atoms with Crippen molar-refractivity contribution in [2.45, 2.75) is 30.7 Å². The zero-order chi connectivity index (χ0) is 16.6. The second-order valence-electron chi connectivity index (χ2n) is 6.04. The predicted molar refractivity (Wildman–Crippen MR) is 90.3 cm³/mol. The zero-order valence-corrected chi connectivity index (χ0v) is 14.0. The Kier molecular flexibility index (Phi) is 3.98. The Balaban J connectivity index is 1.80. The van der Waals surface area contributed by atoms with Crippen molar-refractivity contribution >= 4 is 21.4 Å². The van der Waals surface area contributed by atoms with E-state index in [1.54, 1.807) is 24.3 Å². The van der Waals surface area contributed by atoms with Crippen LogP contribution < -0.4 is 4.90 Å². The summed E-state index contributed by atoms with van der Waals surface area (Å²) in [5.74, 6) is 0.0366. The Labute approximate surface area is 136 Å². The first-order chi connectivity index (χ1) is 10.9. The average Bonchev–Trinajstić information content (AvgIpc) is 2.82. The van der Waals surface area contributed by atoms with Crippen molar-refractivity contribution in [2.24, 2.45) is 0 Å². The summed E-state index contributed by atoms with van der Waals surface area (Å²) in [7, 11) is -3.21. The van der Waals surface area contributed by atoms with E-state index in [-0.39, 0.29) is 23.3 Å². The van der Waals surface area contributed by atoms with Gasteiger partial charge in [-0.3, -0.25) is 4.79 Å². The molecule has 0 N–H and O–H groups in total. The molecule has 0 spiro atoms. The van der Waals surface area contributed by atoms with E-state index in [1.807, 2.05) is 30.0 Å². The predicted octanol–water partition coefficient (Wildman–Crippen LogP) is 2.61. The smallest absolute Gasteiger partial charge is 0.231 e. The van der Waals surface area contributed by atoms with Gasteiger partial charge in [0.15, 0.2) is 9.84 Å². The summed E-state index contributed by atoms with van der Waals surface area (Å²) in [6.07, 6.45) is 2.31. The monoisotopic (exact) mass is 329 g/mol. The lowest BCUT2D eigenvalue weighted by molar-refractivity contribution is -0.118. The molecular formula is C18H19NO3S. The lowest BCUT2D eigenvalue weighted by atomic mass is 10.1. The van der Waals surface area contributed by atoms with Crippen LogP contribution in [0.2, 0.25) is 0 Å². The van der Waals surface area contributed by atoms with Gasteiger partial charge in [0.2, 0.25) is 5.91 Å². The van der Waals surface area contributed by atoms with E-state index in [1.165, 1.54) is 11.8 Å². The molecule has 2 aromatic carbocycles.